The Labute approximate surface area is 122 Å². The van der Waals surface area contributed by atoms with E-state index in [9.17, 15) is 9.90 Å². The van der Waals surface area contributed by atoms with Gasteiger partial charge in [0.2, 0.25) is 0 Å². The minimum absolute atomic E-state index is 0.132. The summed E-state index contributed by atoms with van der Waals surface area (Å²) in [6, 6.07) is 3.84. The van der Waals surface area contributed by atoms with Crippen molar-refractivity contribution in [1.29, 1.82) is 0 Å². The third-order valence-corrected chi connectivity index (χ3v) is 4.64. The highest BCUT2D eigenvalue weighted by atomic mass is 16.3. The molecule has 0 bridgehead atoms. The van der Waals surface area contributed by atoms with E-state index in [2.05, 4.69) is 23.8 Å². The summed E-state index contributed by atoms with van der Waals surface area (Å²) in [5.41, 5.74) is 4.02. The predicted octanol–water partition coefficient (Wildman–Crippen LogP) is 3.41. The summed E-state index contributed by atoms with van der Waals surface area (Å²) in [7, 11) is 0. The molecule has 4 rings (SSSR count). The van der Waals surface area contributed by atoms with Gasteiger partial charge < -0.3 is 10.1 Å². The lowest BCUT2D eigenvalue weighted by molar-refractivity contribution is -0.114. The van der Waals surface area contributed by atoms with Crippen LogP contribution in [0.2, 0.25) is 0 Å². The van der Waals surface area contributed by atoms with Crippen molar-refractivity contribution >= 4 is 22.6 Å². The number of rotatable bonds is 0. The lowest BCUT2D eigenvalue weighted by atomic mass is 9.68. The number of H-pyrrole nitrogens is 1. The highest BCUT2D eigenvalue weighted by molar-refractivity contribution is 5.99. The van der Waals surface area contributed by atoms with Gasteiger partial charge in [0.05, 0.1) is 0 Å². The van der Waals surface area contributed by atoms with Crippen LogP contribution in [0.25, 0.3) is 16.8 Å². The highest BCUT2D eigenvalue weighted by Gasteiger charge is 2.41. The van der Waals surface area contributed by atoms with Crippen LogP contribution >= 0.6 is 0 Å². The smallest absolute Gasteiger partial charge is 0.156 e. The zero-order valence-corrected chi connectivity index (χ0v) is 12.0. The molecule has 0 atom stereocenters. The zero-order valence-electron chi connectivity index (χ0n) is 12.0. The molecule has 4 heteroatoms. The molecule has 106 valence electrons. The number of ketones is 1. The summed E-state index contributed by atoms with van der Waals surface area (Å²) < 4.78 is 0. The second-order valence-corrected chi connectivity index (χ2v) is 6.25. The Morgan fingerprint density at radius 2 is 2.14 bits per heavy atom. The number of hydrogen-bond acceptors (Lipinski definition) is 3. The number of allylic oxidation sites excluding steroid dienone is 3. The van der Waals surface area contributed by atoms with Crippen molar-refractivity contribution in [2.45, 2.75) is 32.1 Å². The Morgan fingerprint density at radius 3 is 2.95 bits per heavy atom. The molecule has 0 radical (unpaired) electrons. The van der Waals surface area contributed by atoms with Crippen LogP contribution in [0.3, 0.4) is 0 Å². The van der Waals surface area contributed by atoms with E-state index in [0.29, 0.717) is 18.6 Å². The van der Waals surface area contributed by atoms with Crippen LogP contribution in [-0.4, -0.2) is 20.9 Å². The topological polar surface area (TPSA) is 66.0 Å². The van der Waals surface area contributed by atoms with E-state index in [0.717, 1.165) is 33.4 Å². The number of aliphatic hydroxyl groups is 1. The number of nitrogens with one attached hydrogen (secondary N) is 1. The molecule has 0 saturated carbocycles. The Bertz CT molecular complexity index is 853. The summed E-state index contributed by atoms with van der Waals surface area (Å²) in [5, 5.41) is 11.7. The standard InChI is InChI=1S/C17H16N2O2/c1-17(2)12-8-9(20)5-6-10(12)14(21)13-11-4-3-7-18-16(11)19-15(13)17/h3-4,7-8,21H,5-6H2,1-2H3,(H,18,19). The number of fused-ring (bicyclic) bond motifs is 4. The number of aliphatic hydroxyl groups excluding tert-OH is 1. The summed E-state index contributed by atoms with van der Waals surface area (Å²) in [5.74, 6) is 0.426. The maximum Gasteiger partial charge on any atom is 0.156 e. The van der Waals surface area contributed by atoms with Gasteiger partial charge in [-0.25, -0.2) is 4.98 Å². The van der Waals surface area contributed by atoms with Gasteiger partial charge >= 0.3 is 0 Å². The minimum atomic E-state index is -0.340. The number of hydrogen-bond donors (Lipinski definition) is 2. The fraction of sp³-hybridized carbons (Fsp3) is 0.294. The van der Waals surface area contributed by atoms with Crippen LogP contribution in [0.1, 0.15) is 37.9 Å². The van der Waals surface area contributed by atoms with Crippen molar-refractivity contribution in [2.75, 3.05) is 0 Å². The Morgan fingerprint density at radius 1 is 1.33 bits per heavy atom. The number of aromatic nitrogens is 2. The molecule has 2 aromatic rings. The first-order valence-electron chi connectivity index (χ1n) is 7.15. The van der Waals surface area contributed by atoms with Gasteiger partial charge in [-0.1, -0.05) is 13.8 Å². The molecule has 2 aromatic heterocycles. The summed E-state index contributed by atoms with van der Waals surface area (Å²) in [6.07, 6.45) is 4.50. The predicted molar refractivity (Wildman–Crippen MR) is 81.0 cm³/mol. The summed E-state index contributed by atoms with van der Waals surface area (Å²) >= 11 is 0. The van der Waals surface area contributed by atoms with Gasteiger partial charge in [-0.15, -0.1) is 0 Å². The maximum absolute atomic E-state index is 11.8. The SMILES string of the molecule is CC1(C)C2=CC(=O)CCC2=C(O)c2c1[nH]c1ncccc21. The fourth-order valence-corrected chi connectivity index (χ4v) is 3.53. The largest absolute Gasteiger partial charge is 0.507 e. The van der Waals surface area contributed by atoms with Gasteiger partial charge in [-0.05, 0) is 35.8 Å². The van der Waals surface area contributed by atoms with Gasteiger partial charge in [0.1, 0.15) is 11.4 Å². The van der Waals surface area contributed by atoms with Crippen molar-refractivity contribution in [3.05, 3.63) is 46.8 Å². The van der Waals surface area contributed by atoms with Crippen molar-refractivity contribution in [3.8, 4) is 0 Å². The van der Waals surface area contributed by atoms with E-state index in [1.54, 1.807) is 12.3 Å². The normalized spacial score (nSPS) is 20.3. The average molecular weight is 280 g/mol. The molecule has 0 spiro atoms. The van der Waals surface area contributed by atoms with E-state index < -0.39 is 0 Å². The molecule has 2 aliphatic rings. The Kier molecular flexibility index (Phi) is 2.27. The van der Waals surface area contributed by atoms with E-state index in [-0.39, 0.29) is 11.2 Å². The number of pyridine rings is 1. The van der Waals surface area contributed by atoms with Crippen LogP contribution in [0, 0.1) is 0 Å². The van der Waals surface area contributed by atoms with Crippen LogP contribution in [0.4, 0.5) is 0 Å². The number of carbonyl (C=O) groups is 1. The van der Waals surface area contributed by atoms with E-state index >= 15 is 0 Å². The number of nitrogens with zero attached hydrogens (tertiary/aromatic N) is 1. The van der Waals surface area contributed by atoms with Gasteiger partial charge in [0.25, 0.3) is 0 Å². The molecule has 0 saturated heterocycles. The molecular weight excluding hydrogens is 264 g/mol. The van der Waals surface area contributed by atoms with Crippen molar-refractivity contribution in [1.82, 2.24) is 9.97 Å². The van der Waals surface area contributed by atoms with E-state index in [4.69, 9.17) is 0 Å². The molecular formula is C17H16N2O2. The maximum atomic E-state index is 11.8. The molecule has 2 N–H and O–H groups in total. The molecule has 0 unspecified atom stereocenters. The van der Waals surface area contributed by atoms with Gasteiger partial charge in [0, 0.05) is 34.7 Å². The molecule has 4 nitrogen and oxygen atoms in total. The van der Waals surface area contributed by atoms with Crippen LogP contribution in [0.5, 0.6) is 0 Å². The highest BCUT2D eigenvalue weighted by Crippen LogP contribution is 2.49. The summed E-state index contributed by atoms with van der Waals surface area (Å²) in [6.45, 7) is 4.16. The third-order valence-electron chi connectivity index (χ3n) is 4.64. The number of aromatic amines is 1. The molecule has 0 amide bonds. The number of carbonyl (C=O) groups excluding carboxylic acids is 1. The molecule has 0 aliphatic heterocycles. The lowest BCUT2D eigenvalue weighted by Gasteiger charge is -2.36. The quantitative estimate of drug-likeness (QED) is 0.777. The third kappa shape index (κ3) is 1.50. The van der Waals surface area contributed by atoms with Gasteiger partial charge in [-0.2, -0.15) is 0 Å². The first-order valence-corrected chi connectivity index (χ1v) is 7.15. The van der Waals surface area contributed by atoms with E-state index in [1.807, 2.05) is 12.1 Å². The fourth-order valence-electron chi connectivity index (χ4n) is 3.53. The average Bonchev–Trinajstić information content (AvgIpc) is 2.86. The monoisotopic (exact) mass is 280 g/mol. The first kappa shape index (κ1) is 12.4. The van der Waals surface area contributed by atoms with Crippen molar-refractivity contribution < 1.29 is 9.90 Å². The first-order chi connectivity index (χ1) is 10.00. The van der Waals surface area contributed by atoms with Crippen molar-refractivity contribution in [2.24, 2.45) is 0 Å². The van der Waals surface area contributed by atoms with Crippen LogP contribution < -0.4 is 0 Å². The van der Waals surface area contributed by atoms with Crippen LogP contribution in [-0.2, 0) is 10.2 Å². The molecule has 2 aliphatic carbocycles. The summed E-state index contributed by atoms with van der Waals surface area (Å²) in [4.78, 5) is 19.5. The van der Waals surface area contributed by atoms with Gasteiger partial charge in [0.15, 0.2) is 5.78 Å². The second-order valence-electron chi connectivity index (χ2n) is 6.25. The molecule has 0 aromatic carbocycles. The molecule has 0 fully saturated rings. The minimum Gasteiger partial charge on any atom is -0.507 e. The molecule has 2 heterocycles. The second kappa shape index (κ2) is 3.85. The van der Waals surface area contributed by atoms with Crippen molar-refractivity contribution in [3.63, 3.8) is 0 Å². The van der Waals surface area contributed by atoms with Crippen LogP contribution in [0.15, 0.2) is 35.6 Å². The Balaban J connectivity index is 2.13. The van der Waals surface area contributed by atoms with E-state index in [1.165, 1.54) is 0 Å². The lowest BCUT2D eigenvalue weighted by Crippen LogP contribution is -2.30. The Hall–Kier alpha value is -2.36. The molecule has 21 heavy (non-hydrogen) atoms. The zero-order chi connectivity index (χ0) is 14.8. The van der Waals surface area contributed by atoms with Gasteiger partial charge in [-0.3, -0.25) is 4.79 Å².